The molecule has 1 aliphatic rings. The van der Waals surface area contributed by atoms with Gasteiger partial charge in [-0.2, -0.15) is 0 Å². The summed E-state index contributed by atoms with van der Waals surface area (Å²) in [5, 5.41) is 15.3. The summed E-state index contributed by atoms with van der Waals surface area (Å²) in [6.07, 6.45) is 3.33. The van der Waals surface area contributed by atoms with E-state index >= 15 is 0 Å². The van der Waals surface area contributed by atoms with Gasteiger partial charge in [-0.15, -0.1) is 6.58 Å². The molecule has 0 spiro atoms. The lowest BCUT2D eigenvalue weighted by atomic mass is 10.0. The number of aliphatic hydroxyl groups excluding tert-OH is 1. The van der Waals surface area contributed by atoms with Crippen LogP contribution >= 0.6 is 11.6 Å². The number of allylic oxidation sites excluding steroid dienone is 1. The van der Waals surface area contributed by atoms with Gasteiger partial charge in [0.1, 0.15) is 11.9 Å². The molecule has 0 aliphatic carbocycles. The van der Waals surface area contributed by atoms with E-state index in [2.05, 4.69) is 16.6 Å². The van der Waals surface area contributed by atoms with Crippen molar-refractivity contribution in [1.29, 1.82) is 0 Å². The Kier molecular flexibility index (Phi) is 7.81. The Labute approximate surface area is 176 Å². The van der Waals surface area contributed by atoms with E-state index in [9.17, 15) is 9.50 Å². The van der Waals surface area contributed by atoms with Gasteiger partial charge in [-0.3, -0.25) is 4.90 Å². The van der Waals surface area contributed by atoms with Crippen LogP contribution in [0.2, 0.25) is 5.02 Å². The summed E-state index contributed by atoms with van der Waals surface area (Å²) < 4.78 is 13.2. The van der Waals surface area contributed by atoms with E-state index in [0.29, 0.717) is 37.5 Å². The van der Waals surface area contributed by atoms with Gasteiger partial charge in [0.2, 0.25) is 0 Å². The van der Waals surface area contributed by atoms with Crippen molar-refractivity contribution in [2.24, 2.45) is 5.16 Å². The number of halogens is 2. The molecule has 3 rings (SSSR count). The normalized spacial score (nSPS) is 17.1. The second-order valence-corrected chi connectivity index (χ2v) is 7.75. The summed E-state index contributed by atoms with van der Waals surface area (Å²) in [6, 6.07) is 14.0. The smallest absolute Gasteiger partial charge is 0.145 e. The van der Waals surface area contributed by atoms with Crippen LogP contribution in [0.3, 0.4) is 0 Å². The van der Waals surface area contributed by atoms with E-state index < -0.39 is 6.10 Å². The van der Waals surface area contributed by atoms with Gasteiger partial charge in [0, 0.05) is 31.1 Å². The molecule has 0 saturated heterocycles. The fourth-order valence-electron chi connectivity index (χ4n) is 3.38. The third-order valence-electron chi connectivity index (χ3n) is 4.86. The molecule has 1 N–H and O–H groups in total. The largest absolute Gasteiger partial charge is 0.392 e. The average molecular weight is 417 g/mol. The van der Waals surface area contributed by atoms with Crippen LogP contribution in [-0.4, -0.2) is 41.0 Å². The summed E-state index contributed by atoms with van der Waals surface area (Å²) in [4.78, 5) is 7.79. The molecule has 4 nitrogen and oxygen atoms in total. The molecule has 1 heterocycles. The molecule has 6 heteroatoms. The Bertz CT molecular complexity index is 824. The summed E-state index contributed by atoms with van der Waals surface area (Å²) >= 11 is 5.96. The van der Waals surface area contributed by atoms with Crippen LogP contribution in [0, 0.1) is 5.82 Å². The highest BCUT2D eigenvalue weighted by molar-refractivity contribution is 6.30. The molecule has 0 bridgehead atoms. The zero-order valence-corrected chi connectivity index (χ0v) is 17.1. The fraction of sp³-hybridized carbons (Fsp3) is 0.348. The van der Waals surface area contributed by atoms with E-state index in [1.54, 1.807) is 18.2 Å². The number of hydrogen-bond acceptors (Lipinski definition) is 4. The Hall–Kier alpha value is -2.21. The number of benzene rings is 2. The van der Waals surface area contributed by atoms with Gasteiger partial charge in [-0.1, -0.05) is 47.1 Å². The summed E-state index contributed by atoms with van der Waals surface area (Å²) in [5.41, 5.74) is 2.87. The van der Waals surface area contributed by atoms with E-state index in [-0.39, 0.29) is 11.9 Å². The van der Waals surface area contributed by atoms with Crippen molar-refractivity contribution in [3.63, 3.8) is 0 Å². The third kappa shape index (κ3) is 6.67. The van der Waals surface area contributed by atoms with Crippen LogP contribution in [0.4, 0.5) is 4.39 Å². The summed E-state index contributed by atoms with van der Waals surface area (Å²) in [7, 11) is 0. The Morgan fingerprint density at radius 1 is 1.24 bits per heavy atom. The van der Waals surface area contributed by atoms with Gasteiger partial charge in [0.05, 0.1) is 11.8 Å². The highest BCUT2D eigenvalue weighted by atomic mass is 35.5. The highest BCUT2D eigenvalue weighted by Crippen LogP contribution is 2.20. The number of hydrogen-bond donors (Lipinski definition) is 1. The second-order valence-electron chi connectivity index (χ2n) is 7.32. The maximum atomic E-state index is 13.2. The molecule has 2 aromatic rings. The third-order valence-corrected chi connectivity index (χ3v) is 5.12. The van der Waals surface area contributed by atoms with Gasteiger partial charge in [-0.05, 0) is 48.2 Å². The topological polar surface area (TPSA) is 45.1 Å². The van der Waals surface area contributed by atoms with Crippen molar-refractivity contribution < 1.29 is 14.3 Å². The molecule has 0 saturated carbocycles. The number of aliphatic hydroxyl groups is 1. The molecule has 1 aliphatic heterocycles. The van der Waals surface area contributed by atoms with Crippen molar-refractivity contribution in [3.05, 3.63) is 83.2 Å². The minimum Gasteiger partial charge on any atom is -0.392 e. The molecule has 0 radical (unpaired) electrons. The molecule has 0 fully saturated rings. The summed E-state index contributed by atoms with van der Waals surface area (Å²) in [6.45, 7) is 5.42. The van der Waals surface area contributed by atoms with E-state index in [4.69, 9.17) is 16.4 Å². The van der Waals surface area contributed by atoms with Crippen molar-refractivity contribution in [3.8, 4) is 0 Å². The maximum Gasteiger partial charge on any atom is 0.145 e. The van der Waals surface area contributed by atoms with E-state index in [0.717, 1.165) is 23.3 Å². The number of rotatable bonds is 10. The maximum absolute atomic E-state index is 13.2. The quantitative estimate of drug-likeness (QED) is 0.566. The predicted octanol–water partition coefficient (Wildman–Crippen LogP) is 4.80. The molecule has 2 atom stereocenters. The first-order chi connectivity index (χ1) is 14.0. The zero-order chi connectivity index (χ0) is 20.6. The number of nitrogens with zero attached hydrogens (tertiary/aromatic N) is 2. The van der Waals surface area contributed by atoms with Gasteiger partial charge in [0.25, 0.3) is 0 Å². The molecule has 0 aromatic heterocycles. The van der Waals surface area contributed by atoms with Crippen LogP contribution < -0.4 is 0 Å². The van der Waals surface area contributed by atoms with Gasteiger partial charge >= 0.3 is 0 Å². The minimum atomic E-state index is -0.466. The van der Waals surface area contributed by atoms with E-state index in [1.807, 2.05) is 24.3 Å². The molecule has 0 amide bonds. The Morgan fingerprint density at radius 2 is 1.97 bits per heavy atom. The van der Waals surface area contributed by atoms with Crippen LogP contribution in [0.5, 0.6) is 0 Å². The molecular formula is C23H26ClFN2O2. The first kappa shape index (κ1) is 21.5. The standard InChI is InChI=1S/C23H26ClFN2O2/c1-2-3-4-21(28)15-27(14-17-5-11-20(25)12-6-17)16-22-13-23(26-29-22)18-7-9-19(24)10-8-18/h2,5-12,21-22,28H,1,3-4,13-16H2/t21-,22+/m1/s1. The fourth-order valence-corrected chi connectivity index (χ4v) is 3.50. The lowest BCUT2D eigenvalue weighted by molar-refractivity contribution is 0.0308. The van der Waals surface area contributed by atoms with Gasteiger partial charge < -0.3 is 9.94 Å². The lowest BCUT2D eigenvalue weighted by Crippen LogP contribution is -2.37. The SMILES string of the molecule is C=CCC[C@@H](O)CN(Cc1ccc(F)cc1)C[C@@H]1CC(c2ccc(Cl)cc2)=NO1. The first-order valence-corrected chi connectivity index (χ1v) is 10.2. The van der Waals surface area contributed by atoms with E-state index in [1.165, 1.54) is 12.1 Å². The second kappa shape index (κ2) is 10.5. The molecule has 29 heavy (non-hydrogen) atoms. The lowest BCUT2D eigenvalue weighted by Gasteiger charge is -2.27. The van der Waals surface area contributed by atoms with Crippen molar-refractivity contribution in [2.45, 2.75) is 38.0 Å². The van der Waals surface area contributed by atoms with Crippen LogP contribution in [0.15, 0.2) is 66.3 Å². The number of oxime groups is 1. The highest BCUT2D eigenvalue weighted by Gasteiger charge is 2.25. The van der Waals surface area contributed by atoms with Gasteiger partial charge in [0.15, 0.2) is 0 Å². The zero-order valence-electron chi connectivity index (χ0n) is 16.3. The molecular weight excluding hydrogens is 391 g/mol. The monoisotopic (exact) mass is 416 g/mol. The van der Waals surface area contributed by atoms with Gasteiger partial charge in [-0.25, -0.2) is 4.39 Å². The first-order valence-electron chi connectivity index (χ1n) is 9.78. The van der Waals surface area contributed by atoms with Crippen LogP contribution in [0.1, 0.15) is 30.4 Å². The molecule has 154 valence electrons. The average Bonchev–Trinajstić information content (AvgIpc) is 3.17. The molecule has 0 unspecified atom stereocenters. The Balaban J connectivity index is 1.62. The van der Waals surface area contributed by atoms with Crippen LogP contribution in [-0.2, 0) is 11.4 Å². The Morgan fingerprint density at radius 3 is 2.66 bits per heavy atom. The van der Waals surface area contributed by atoms with Crippen molar-refractivity contribution in [1.82, 2.24) is 4.90 Å². The van der Waals surface area contributed by atoms with Crippen LogP contribution in [0.25, 0.3) is 0 Å². The minimum absolute atomic E-state index is 0.104. The van der Waals surface area contributed by atoms with Crippen molar-refractivity contribution in [2.75, 3.05) is 13.1 Å². The molecule has 2 aromatic carbocycles. The van der Waals surface area contributed by atoms with Crippen molar-refractivity contribution >= 4 is 17.3 Å². The predicted molar refractivity (Wildman–Crippen MR) is 115 cm³/mol. The summed E-state index contributed by atoms with van der Waals surface area (Å²) in [5.74, 6) is -0.258.